The average Bonchev–Trinajstić information content (AvgIpc) is 2.66. The number of benzene rings is 3. The quantitative estimate of drug-likeness (QED) is 0.518. The minimum atomic E-state index is -0.106. The number of halogens is 1. The van der Waals surface area contributed by atoms with Gasteiger partial charge >= 0.3 is 0 Å². The van der Waals surface area contributed by atoms with Crippen LogP contribution < -0.4 is 5.56 Å². The number of aromatic nitrogens is 2. The van der Waals surface area contributed by atoms with Crippen LogP contribution in [0, 0.1) is 6.92 Å². The fourth-order valence-electron chi connectivity index (χ4n) is 3.12. The summed E-state index contributed by atoms with van der Waals surface area (Å²) in [6, 6.07) is 23.2. The average molecular weight is 361 g/mol. The minimum Gasteiger partial charge on any atom is -0.267 e. The van der Waals surface area contributed by atoms with Crippen LogP contribution in [0.3, 0.4) is 0 Å². The Morgan fingerprint density at radius 3 is 2.38 bits per heavy atom. The largest absolute Gasteiger partial charge is 0.279 e. The summed E-state index contributed by atoms with van der Waals surface area (Å²) in [7, 11) is 0. The fraction of sp³-hybridized carbons (Fsp3) is 0.0909. The maximum atomic E-state index is 13.0. The lowest BCUT2D eigenvalue weighted by Gasteiger charge is -2.12. The van der Waals surface area contributed by atoms with E-state index in [0.29, 0.717) is 16.8 Å². The van der Waals surface area contributed by atoms with Crippen LogP contribution in [0.5, 0.6) is 0 Å². The summed E-state index contributed by atoms with van der Waals surface area (Å²) in [6.45, 7) is 2.00. The molecule has 0 N–H and O–H groups in total. The molecular weight excluding hydrogens is 344 g/mol. The minimum absolute atomic E-state index is 0.106. The van der Waals surface area contributed by atoms with Crippen molar-refractivity contribution in [2.75, 3.05) is 0 Å². The van der Waals surface area contributed by atoms with Crippen LogP contribution in [0.15, 0.2) is 77.6 Å². The number of nitrogens with zero attached hydrogens (tertiary/aromatic N) is 2. The van der Waals surface area contributed by atoms with Gasteiger partial charge in [-0.05, 0) is 48.4 Å². The van der Waals surface area contributed by atoms with Gasteiger partial charge in [-0.2, -0.15) is 9.78 Å². The molecule has 0 atom stereocenters. The van der Waals surface area contributed by atoms with Crippen LogP contribution in [0.2, 0.25) is 5.02 Å². The van der Waals surface area contributed by atoms with Crippen LogP contribution >= 0.6 is 11.6 Å². The van der Waals surface area contributed by atoms with Gasteiger partial charge in [0, 0.05) is 16.8 Å². The molecule has 0 unspecified atom stereocenters. The third-order valence-corrected chi connectivity index (χ3v) is 4.66. The van der Waals surface area contributed by atoms with Crippen molar-refractivity contribution >= 4 is 22.4 Å². The second kappa shape index (κ2) is 6.77. The van der Waals surface area contributed by atoms with Gasteiger partial charge in [0.2, 0.25) is 0 Å². The number of aryl methyl sites for hydroxylation is 1. The molecule has 0 amide bonds. The molecule has 0 saturated carbocycles. The summed E-state index contributed by atoms with van der Waals surface area (Å²) >= 11 is 5.99. The first-order valence-corrected chi connectivity index (χ1v) is 8.82. The maximum Gasteiger partial charge on any atom is 0.279 e. The van der Waals surface area contributed by atoms with Crippen molar-refractivity contribution in [3.63, 3.8) is 0 Å². The normalized spacial score (nSPS) is 11.0. The van der Waals surface area contributed by atoms with Crippen LogP contribution in [0.25, 0.3) is 16.5 Å². The Balaban J connectivity index is 1.92. The molecule has 1 aromatic heterocycles. The maximum absolute atomic E-state index is 13.0. The van der Waals surface area contributed by atoms with E-state index in [1.165, 1.54) is 4.68 Å². The molecule has 3 nitrogen and oxygen atoms in total. The zero-order valence-electron chi connectivity index (χ0n) is 14.3. The van der Waals surface area contributed by atoms with Gasteiger partial charge in [-0.15, -0.1) is 0 Å². The Kier molecular flexibility index (Phi) is 4.31. The lowest BCUT2D eigenvalue weighted by molar-refractivity contribution is 0.787. The van der Waals surface area contributed by atoms with Crippen molar-refractivity contribution in [1.29, 1.82) is 0 Å². The van der Waals surface area contributed by atoms with Gasteiger partial charge in [-0.25, -0.2) is 0 Å². The Bertz CT molecular complexity index is 1150. The van der Waals surface area contributed by atoms with E-state index in [4.69, 9.17) is 16.7 Å². The van der Waals surface area contributed by atoms with E-state index in [9.17, 15) is 4.79 Å². The highest BCUT2D eigenvalue weighted by Gasteiger charge is 2.12. The Labute approximate surface area is 156 Å². The molecule has 4 rings (SSSR count). The van der Waals surface area contributed by atoms with Crippen LogP contribution in [-0.2, 0) is 6.42 Å². The predicted octanol–water partition coefficient (Wildman–Crippen LogP) is 4.94. The van der Waals surface area contributed by atoms with E-state index in [-0.39, 0.29) is 5.56 Å². The van der Waals surface area contributed by atoms with E-state index < -0.39 is 0 Å². The van der Waals surface area contributed by atoms with Gasteiger partial charge in [-0.1, -0.05) is 54.1 Å². The molecule has 0 saturated heterocycles. The third-order valence-electron chi connectivity index (χ3n) is 4.41. The molecular formula is C22H17ClN2O. The highest BCUT2D eigenvalue weighted by Crippen LogP contribution is 2.19. The molecule has 3 aromatic carbocycles. The van der Waals surface area contributed by atoms with Crippen LogP contribution in [-0.4, -0.2) is 9.78 Å². The number of hydrogen-bond donors (Lipinski definition) is 0. The second-order valence-electron chi connectivity index (χ2n) is 6.35. The first kappa shape index (κ1) is 16.6. The van der Waals surface area contributed by atoms with Crippen LogP contribution in [0.4, 0.5) is 0 Å². The van der Waals surface area contributed by atoms with Crippen LogP contribution in [0.1, 0.15) is 16.8 Å². The number of fused-ring (bicyclic) bond motifs is 1. The second-order valence-corrected chi connectivity index (χ2v) is 6.79. The fourth-order valence-corrected chi connectivity index (χ4v) is 3.24. The lowest BCUT2D eigenvalue weighted by Crippen LogP contribution is -2.23. The number of rotatable bonds is 3. The van der Waals surface area contributed by atoms with Gasteiger partial charge in [0.05, 0.1) is 16.8 Å². The zero-order valence-corrected chi connectivity index (χ0v) is 15.1. The Morgan fingerprint density at radius 2 is 1.65 bits per heavy atom. The highest BCUT2D eigenvalue weighted by molar-refractivity contribution is 6.30. The molecule has 0 bridgehead atoms. The first-order chi connectivity index (χ1) is 12.6. The summed E-state index contributed by atoms with van der Waals surface area (Å²) in [5.41, 5.74) is 3.72. The Morgan fingerprint density at radius 1 is 0.923 bits per heavy atom. The summed E-state index contributed by atoms with van der Waals surface area (Å²) in [6.07, 6.45) is 0.629. The zero-order chi connectivity index (χ0) is 18.1. The van der Waals surface area contributed by atoms with E-state index in [1.807, 2.05) is 79.7 Å². The molecule has 4 heteroatoms. The molecule has 1 heterocycles. The molecule has 26 heavy (non-hydrogen) atoms. The van der Waals surface area contributed by atoms with Crippen molar-refractivity contribution in [2.24, 2.45) is 0 Å². The Hall–Kier alpha value is -2.91. The monoisotopic (exact) mass is 360 g/mol. The molecule has 0 fully saturated rings. The van der Waals surface area contributed by atoms with Crippen molar-refractivity contribution in [1.82, 2.24) is 9.78 Å². The molecule has 0 aliphatic carbocycles. The summed E-state index contributed by atoms with van der Waals surface area (Å²) in [5.74, 6) is 0. The van der Waals surface area contributed by atoms with Gasteiger partial charge in [0.25, 0.3) is 5.56 Å². The first-order valence-electron chi connectivity index (χ1n) is 8.44. The van der Waals surface area contributed by atoms with Crippen molar-refractivity contribution < 1.29 is 0 Å². The summed E-state index contributed by atoms with van der Waals surface area (Å²) in [4.78, 5) is 13.0. The highest BCUT2D eigenvalue weighted by atomic mass is 35.5. The van der Waals surface area contributed by atoms with Gasteiger partial charge in [0.1, 0.15) is 0 Å². The molecule has 0 spiro atoms. The van der Waals surface area contributed by atoms with Gasteiger partial charge < -0.3 is 0 Å². The van der Waals surface area contributed by atoms with E-state index >= 15 is 0 Å². The standard InChI is InChI=1S/C22H17ClN2O/c1-15-5-4-6-18(13-15)25-22(26)20-8-3-2-7-19(20)21(24-25)14-16-9-11-17(23)12-10-16/h2-13H,14H2,1H3. The topological polar surface area (TPSA) is 34.9 Å². The molecule has 128 valence electrons. The van der Waals surface area contributed by atoms with Crippen molar-refractivity contribution in [2.45, 2.75) is 13.3 Å². The molecule has 0 aliphatic heterocycles. The SMILES string of the molecule is Cc1cccc(-n2nc(Cc3ccc(Cl)cc3)c3ccccc3c2=O)c1. The van der Waals surface area contributed by atoms with Gasteiger partial charge in [-0.3, -0.25) is 4.79 Å². The lowest BCUT2D eigenvalue weighted by atomic mass is 10.0. The summed E-state index contributed by atoms with van der Waals surface area (Å²) < 4.78 is 1.50. The van der Waals surface area contributed by atoms with Crippen molar-refractivity contribution in [3.05, 3.63) is 105 Å². The number of hydrogen-bond acceptors (Lipinski definition) is 2. The van der Waals surface area contributed by atoms with E-state index in [1.54, 1.807) is 0 Å². The molecule has 4 aromatic rings. The van der Waals surface area contributed by atoms with E-state index in [0.717, 1.165) is 27.9 Å². The van der Waals surface area contributed by atoms with Gasteiger partial charge in [0.15, 0.2) is 0 Å². The van der Waals surface area contributed by atoms with E-state index in [2.05, 4.69) is 0 Å². The smallest absolute Gasteiger partial charge is 0.267 e. The third kappa shape index (κ3) is 3.14. The molecule has 0 aliphatic rings. The van der Waals surface area contributed by atoms with Crippen molar-refractivity contribution in [3.8, 4) is 5.69 Å². The summed E-state index contributed by atoms with van der Waals surface area (Å²) in [5, 5.41) is 6.97. The predicted molar refractivity (Wildman–Crippen MR) is 106 cm³/mol. The molecule has 0 radical (unpaired) electrons.